The predicted octanol–water partition coefficient (Wildman–Crippen LogP) is 5.42. The van der Waals surface area contributed by atoms with Gasteiger partial charge in [0.25, 0.3) is 0 Å². The molecule has 2 amide bonds. The van der Waals surface area contributed by atoms with Crippen molar-refractivity contribution < 1.29 is 9.59 Å². The quantitative estimate of drug-likeness (QED) is 0.695. The Balaban J connectivity index is 2.00. The van der Waals surface area contributed by atoms with E-state index in [2.05, 4.69) is 13.2 Å². The number of hydrogen-bond acceptors (Lipinski definition) is 2. The molecule has 4 heteroatoms. The Morgan fingerprint density at radius 1 is 0.767 bits per heavy atom. The molecule has 2 heterocycles. The highest BCUT2D eigenvalue weighted by atomic mass is 16.2. The smallest absolute Gasteiger partial charge is 0.224 e. The fraction of sp³-hybridized carbons (Fsp3) is 0.154. The maximum Gasteiger partial charge on any atom is 0.224 e. The zero-order valence-corrected chi connectivity index (χ0v) is 17.2. The van der Waals surface area contributed by atoms with E-state index in [-0.39, 0.29) is 23.9 Å². The van der Waals surface area contributed by atoms with Gasteiger partial charge in [0.15, 0.2) is 0 Å². The molecule has 0 unspecified atom stereocenters. The lowest BCUT2D eigenvalue weighted by Crippen LogP contribution is -2.43. The molecule has 0 radical (unpaired) electrons. The normalized spacial score (nSPS) is 19.1. The first-order valence-corrected chi connectivity index (χ1v) is 9.92. The van der Waals surface area contributed by atoms with Crippen LogP contribution in [0.25, 0.3) is 24.3 Å². The van der Waals surface area contributed by atoms with Crippen LogP contribution < -0.4 is 0 Å². The van der Waals surface area contributed by atoms with Gasteiger partial charge in [0.2, 0.25) is 11.8 Å². The van der Waals surface area contributed by atoms with E-state index < -0.39 is 0 Å². The summed E-state index contributed by atoms with van der Waals surface area (Å²) in [5, 5.41) is 0. The second kappa shape index (κ2) is 7.64. The Bertz CT molecular complexity index is 1040. The van der Waals surface area contributed by atoms with Crippen molar-refractivity contribution >= 4 is 36.1 Å². The minimum Gasteiger partial charge on any atom is -0.309 e. The Morgan fingerprint density at radius 2 is 1.17 bits per heavy atom. The van der Waals surface area contributed by atoms with Gasteiger partial charge in [-0.3, -0.25) is 9.59 Å². The van der Waals surface area contributed by atoms with Gasteiger partial charge in [-0.15, -0.1) is 0 Å². The van der Waals surface area contributed by atoms with Crippen molar-refractivity contribution in [2.75, 3.05) is 0 Å². The number of benzene rings is 2. The Labute approximate surface area is 177 Å². The highest BCUT2D eigenvalue weighted by Gasteiger charge is 2.40. The molecular formula is C26H24N2O2. The summed E-state index contributed by atoms with van der Waals surface area (Å²) in [4.78, 5) is 28.7. The molecular weight excluding hydrogens is 372 g/mol. The van der Waals surface area contributed by atoms with Crippen molar-refractivity contribution in [3.63, 3.8) is 0 Å². The molecule has 0 aromatic heterocycles. The summed E-state index contributed by atoms with van der Waals surface area (Å²) in [7, 11) is 0. The predicted molar refractivity (Wildman–Crippen MR) is 122 cm³/mol. The molecule has 0 N–H and O–H groups in total. The van der Waals surface area contributed by atoms with Crippen molar-refractivity contribution in [2.24, 2.45) is 0 Å². The SMILES string of the molecule is C=Cc1cccc2c1C=CN(C(C)=O)[C@@H]2[C@@H]1c2cccc(C=C)c2C=CN1C(C)=O. The van der Waals surface area contributed by atoms with Gasteiger partial charge in [-0.25, -0.2) is 0 Å². The Kier molecular flexibility index (Phi) is 5.00. The van der Waals surface area contributed by atoms with Crippen molar-refractivity contribution in [3.8, 4) is 0 Å². The summed E-state index contributed by atoms with van der Waals surface area (Å²) in [6.07, 6.45) is 11.2. The molecule has 2 aliphatic heterocycles. The number of rotatable bonds is 3. The lowest BCUT2D eigenvalue weighted by Gasteiger charge is -2.44. The molecule has 150 valence electrons. The average molecular weight is 396 g/mol. The van der Waals surface area contributed by atoms with E-state index >= 15 is 0 Å². The van der Waals surface area contributed by atoms with Crippen molar-refractivity contribution in [2.45, 2.75) is 25.9 Å². The lowest BCUT2D eigenvalue weighted by molar-refractivity contribution is -0.134. The van der Waals surface area contributed by atoms with Crippen LogP contribution in [0.2, 0.25) is 0 Å². The molecule has 0 bridgehead atoms. The highest BCUT2D eigenvalue weighted by molar-refractivity contribution is 5.83. The van der Waals surface area contributed by atoms with E-state index in [1.165, 1.54) is 0 Å². The number of amides is 2. The summed E-state index contributed by atoms with van der Waals surface area (Å²) < 4.78 is 0. The number of hydrogen-bond donors (Lipinski definition) is 0. The van der Waals surface area contributed by atoms with Crippen molar-refractivity contribution in [1.29, 1.82) is 0 Å². The Morgan fingerprint density at radius 3 is 1.50 bits per heavy atom. The molecule has 0 aliphatic carbocycles. The van der Waals surface area contributed by atoms with E-state index in [4.69, 9.17) is 0 Å². The van der Waals surface area contributed by atoms with Crippen LogP contribution in [0.3, 0.4) is 0 Å². The van der Waals surface area contributed by atoms with Crippen LogP contribution in [0.4, 0.5) is 0 Å². The van der Waals surface area contributed by atoms with Gasteiger partial charge in [0, 0.05) is 26.2 Å². The van der Waals surface area contributed by atoms with Gasteiger partial charge in [-0.05, 0) is 45.5 Å². The van der Waals surface area contributed by atoms with Crippen LogP contribution in [0, 0.1) is 0 Å². The number of nitrogens with zero attached hydrogens (tertiary/aromatic N) is 2. The molecule has 4 rings (SSSR count). The summed E-state index contributed by atoms with van der Waals surface area (Å²) >= 11 is 0. The number of carbonyl (C=O) groups excluding carboxylic acids is 2. The van der Waals surface area contributed by atoms with Gasteiger partial charge in [0.1, 0.15) is 0 Å². The summed E-state index contributed by atoms with van der Waals surface area (Å²) in [5.41, 5.74) is 6.03. The maximum absolute atomic E-state index is 12.6. The van der Waals surface area contributed by atoms with Gasteiger partial charge in [-0.2, -0.15) is 0 Å². The maximum atomic E-state index is 12.6. The fourth-order valence-corrected chi connectivity index (χ4v) is 4.50. The standard InChI is InChI=1S/C26H24N2O2/c1-5-19-9-7-11-23-21(19)13-15-27(17(3)29)25(23)26-24-12-8-10-20(6-2)22(24)14-16-28(26)18(4)30/h5-16,25-26H,1-2H2,3-4H3/t25-,26-/m0/s1. The molecule has 0 saturated carbocycles. The molecule has 0 saturated heterocycles. The van der Waals surface area contributed by atoms with Crippen LogP contribution in [0.1, 0.15) is 59.3 Å². The van der Waals surface area contributed by atoms with Gasteiger partial charge in [0.05, 0.1) is 12.1 Å². The molecule has 30 heavy (non-hydrogen) atoms. The van der Waals surface area contributed by atoms with E-state index in [9.17, 15) is 9.59 Å². The summed E-state index contributed by atoms with van der Waals surface area (Å²) in [6.45, 7) is 11.0. The van der Waals surface area contributed by atoms with E-state index in [0.29, 0.717) is 0 Å². The number of carbonyl (C=O) groups is 2. The third-order valence-electron chi connectivity index (χ3n) is 5.85. The lowest BCUT2D eigenvalue weighted by atomic mass is 9.81. The molecule has 2 aromatic carbocycles. The van der Waals surface area contributed by atoms with Crippen LogP contribution >= 0.6 is 0 Å². The minimum atomic E-state index is -0.366. The second-order valence-corrected chi connectivity index (χ2v) is 7.48. The monoisotopic (exact) mass is 396 g/mol. The fourth-order valence-electron chi connectivity index (χ4n) is 4.50. The topological polar surface area (TPSA) is 40.6 Å². The van der Waals surface area contributed by atoms with Crippen molar-refractivity contribution in [1.82, 2.24) is 9.80 Å². The molecule has 2 aliphatic rings. The van der Waals surface area contributed by atoms with Gasteiger partial charge >= 0.3 is 0 Å². The molecule has 2 atom stereocenters. The highest BCUT2D eigenvalue weighted by Crippen LogP contribution is 2.47. The molecule has 0 spiro atoms. The van der Waals surface area contributed by atoms with Crippen LogP contribution in [-0.2, 0) is 9.59 Å². The third-order valence-corrected chi connectivity index (χ3v) is 5.85. The van der Waals surface area contributed by atoms with Gasteiger partial charge < -0.3 is 9.80 Å². The minimum absolute atomic E-state index is 0.0783. The van der Waals surface area contributed by atoms with Crippen LogP contribution in [0.5, 0.6) is 0 Å². The van der Waals surface area contributed by atoms with E-state index in [1.807, 2.05) is 73.1 Å². The first-order chi connectivity index (χ1) is 14.5. The first kappa shape index (κ1) is 19.6. The van der Waals surface area contributed by atoms with E-state index in [0.717, 1.165) is 33.4 Å². The summed E-state index contributed by atoms with van der Waals surface area (Å²) in [5.74, 6) is -0.157. The average Bonchev–Trinajstić information content (AvgIpc) is 2.76. The van der Waals surface area contributed by atoms with E-state index in [1.54, 1.807) is 23.6 Å². The first-order valence-electron chi connectivity index (χ1n) is 9.92. The molecule has 4 nitrogen and oxygen atoms in total. The largest absolute Gasteiger partial charge is 0.309 e. The molecule has 2 aromatic rings. The second-order valence-electron chi connectivity index (χ2n) is 7.48. The zero-order valence-electron chi connectivity index (χ0n) is 17.2. The summed E-state index contributed by atoms with van der Waals surface area (Å²) in [6, 6.07) is 11.3. The van der Waals surface area contributed by atoms with Gasteiger partial charge in [-0.1, -0.05) is 61.7 Å². The molecule has 0 fully saturated rings. The third kappa shape index (κ3) is 3.01. The number of fused-ring (bicyclic) bond motifs is 2. The zero-order chi connectivity index (χ0) is 21.4. The van der Waals surface area contributed by atoms with Crippen LogP contribution in [0.15, 0.2) is 62.0 Å². The Hall–Kier alpha value is -3.66. The van der Waals surface area contributed by atoms with Crippen LogP contribution in [-0.4, -0.2) is 21.6 Å². The van der Waals surface area contributed by atoms with Crippen molar-refractivity contribution in [3.05, 3.63) is 95.3 Å².